The molecule has 0 amide bonds. The molecule has 0 saturated carbocycles. The Labute approximate surface area is 630 Å². The van der Waals surface area contributed by atoms with Gasteiger partial charge >= 0.3 is 29.8 Å². The van der Waals surface area contributed by atoms with Crippen LogP contribution in [0.4, 0.5) is 0 Å². The Bertz CT molecular complexity index is 3220. The third-order valence-corrected chi connectivity index (χ3v) is 19.7. The van der Waals surface area contributed by atoms with E-state index in [0.717, 1.165) is 116 Å². The Hall–Kier alpha value is -7.55. The molecular formula is C90H130O15. The summed E-state index contributed by atoms with van der Waals surface area (Å²) in [6.45, 7) is 54.0. The van der Waals surface area contributed by atoms with Gasteiger partial charge in [-0.15, -0.1) is 0 Å². The third kappa shape index (κ3) is 24.5. The van der Waals surface area contributed by atoms with Crippen molar-refractivity contribution < 1.29 is 71.3 Å². The number of esters is 5. The number of fused-ring (bicyclic) bond motifs is 10. The zero-order chi connectivity index (χ0) is 79.2. The quantitative estimate of drug-likeness (QED) is 0.0390. The highest BCUT2D eigenvalue weighted by atomic mass is 16.6. The Kier molecular flexibility index (Phi) is 27.4. The monoisotopic (exact) mass is 1450 g/mol. The van der Waals surface area contributed by atoms with Crippen LogP contribution in [0.2, 0.25) is 0 Å². The fraction of sp³-hybridized carbons (Fsp3) is 0.611. The smallest absolute Gasteiger partial charge is 0.343 e. The van der Waals surface area contributed by atoms with Gasteiger partial charge in [0.05, 0.1) is 35.5 Å². The first-order chi connectivity index (χ1) is 48.1. The molecule has 5 aromatic rings. The van der Waals surface area contributed by atoms with Crippen LogP contribution in [-0.4, -0.2) is 98.4 Å². The minimum atomic E-state index is -0.592. The van der Waals surface area contributed by atoms with E-state index < -0.39 is 90.0 Å². The molecule has 0 atom stereocenters. The molecule has 0 heterocycles. The van der Waals surface area contributed by atoms with Gasteiger partial charge < -0.3 is 47.4 Å². The molecule has 1 aliphatic rings. The summed E-state index contributed by atoms with van der Waals surface area (Å²) < 4.78 is 62.0. The van der Waals surface area contributed by atoms with Crippen molar-refractivity contribution in [1.82, 2.24) is 0 Å². The topological polar surface area (TPSA) is 178 Å². The van der Waals surface area contributed by atoms with Gasteiger partial charge in [-0.25, -0.2) is 24.0 Å². The summed E-state index contributed by atoms with van der Waals surface area (Å²) in [5.74, 6) is -0.812. The highest BCUT2D eigenvalue weighted by Gasteiger charge is 2.38. The lowest BCUT2D eigenvalue weighted by molar-refractivity contribution is -0.143. The molecule has 6 rings (SSSR count). The first-order valence-corrected chi connectivity index (χ1v) is 37.4. The van der Waals surface area contributed by atoms with E-state index in [4.69, 9.17) is 47.4 Å². The number of methoxy groups -OCH3 is 5. The second-order valence-electron chi connectivity index (χ2n) is 38.9. The summed E-state index contributed by atoms with van der Waals surface area (Å²) in [5, 5.41) is 0. The highest BCUT2D eigenvalue weighted by molar-refractivity contribution is 5.74. The molecule has 0 N–H and O–H groups in total. The molecule has 10 bridgehead atoms. The molecule has 5 aromatic carbocycles. The molecule has 580 valence electrons. The second kappa shape index (κ2) is 33.3. The van der Waals surface area contributed by atoms with Crippen molar-refractivity contribution >= 4 is 29.8 Å². The van der Waals surface area contributed by atoms with E-state index in [1.807, 2.05) is 0 Å². The summed E-state index contributed by atoms with van der Waals surface area (Å²) in [6.07, 6.45) is 4.72. The van der Waals surface area contributed by atoms with E-state index in [1.165, 1.54) is 35.5 Å². The van der Waals surface area contributed by atoms with Crippen LogP contribution < -0.4 is 23.7 Å². The van der Waals surface area contributed by atoms with Crippen molar-refractivity contribution in [2.45, 2.75) is 264 Å². The molecule has 0 saturated heterocycles. The maximum Gasteiger partial charge on any atom is 0.343 e. The van der Waals surface area contributed by atoms with E-state index in [-0.39, 0.29) is 59.2 Å². The van der Waals surface area contributed by atoms with Gasteiger partial charge in [-0.1, -0.05) is 234 Å². The lowest BCUT2D eigenvalue weighted by Crippen LogP contribution is -2.27. The number of hydrogen-bond donors (Lipinski definition) is 0. The molecule has 0 aromatic heterocycles. The average Bonchev–Trinajstić information content (AvgIpc) is 0.763. The van der Waals surface area contributed by atoms with Crippen molar-refractivity contribution in [1.29, 1.82) is 0 Å². The fourth-order valence-corrected chi connectivity index (χ4v) is 17.1. The molecule has 0 radical (unpaired) electrons. The first kappa shape index (κ1) is 86.4. The van der Waals surface area contributed by atoms with Gasteiger partial charge in [0.2, 0.25) is 0 Å². The Balaban J connectivity index is 2.10. The minimum Gasteiger partial charge on any atom is -0.481 e. The predicted octanol–water partition coefficient (Wildman–Crippen LogP) is 19.3. The van der Waals surface area contributed by atoms with Gasteiger partial charge in [-0.3, -0.25) is 0 Å². The van der Waals surface area contributed by atoms with E-state index in [9.17, 15) is 24.0 Å². The normalized spacial score (nSPS) is 13.6. The highest BCUT2D eigenvalue weighted by Crippen LogP contribution is 2.50. The predicted molar refractivity (Wildman–Crippen MR) is 419 cm³/mol. The van der Waals surface area contributed by atoms with E-state index in [2.05, 4.69) is 234 Å². The number of hydrogen-bond acceptors (Lipinski definition) is 15. The third-order valence-electron chi connectivity index (χ3n) is 19.7. The van der Waals surface area contributed by atoms with Crippen molar-refractivity contribution in [3.05, 3.63) is 144 Å². The number of carbonyl (C=O) groups is 5. The summed E-state index contributed by atoms with van der Waals surface area (Å²) >= 11 is 0. The molecule has 0 spiro atoms. The number of benzene rings is 5. The zero-order valence-corrected chi connectivity index (χ0v) is 70.0. The van der Waals surface area contributed by atoms with Crippen LogP contribution in [-0.2, 0) is 107 Å². The Morgan fingerprint density at radius 2 is 0.343 bits per heavy atom. The van der Waals surface area contributed by atoms with Gasteiger partial charge in [0.15, 0.2) is 33.0 Å². The molecule has 105 heavy (non-hydrogen) atoms. The first-order valence-electron chi connectivity index (χ1n) is 37.4. The van der Waals surface area contributed by atoms with Gasteiger partial charge in [0.25, 0.3) is 0 Å². The second-order valence-corrected chi connectivity index (χ2v) is 38.9. The molecular weight excluding hydrogens is 1320 g/mol. The lowest BCUT2D eigenvalue weighted by Gasteiger charge is -2.35. The summed E-state index contributed by atoms with van der Waals surface area (Å²) in [5.41, 5.74) is 9.19. The summed E-state index contributed by atoms with van der Waals surface area (Å²) in [6, 6.07) is 22.0. The Morgan fingerprint density at radius 1 is 0.229 bits per heavy atom. The molecule has 15 heteroatoms. The van der Waals surface area contributed by atoms with Crippen LogP contribution in [0.1, 0.15) is 289 Å². The standard InChI is InChI=1S/C90H130O15/c1-81(2,3)51-86(16,17)66-36-56-31-58-38-67(87(18,19)52-82(4,5)6)40-60(77(58)102-47-72(92)97-27)33-62-42-69(89(22,23)54-84(10,11)12)44-64(79(62)104-49-74(94)99-29)35-65-45-70(90(24,25)55-85(13,14)15)43-63(80(65)105-50-75(95)100-30)34-61-41-68(88(20,21)53-83(7,8)9)39-59(78(61)103-48-73(93)98-28)32-57(37-66)76(56)101-46-71(91)96-26/h36-45H,31-35,46-55H2,1-30H3. The average molecular weight is 1450 g/mol. The maximum absolute atomic E-state index is 13.8. The summed E-state index contributed by atoms with van der Waals surface area (Å²) in [7, 11) is 6.69. The van der Waals surface area contributed by atoms with Crippen LogP contribution in [0.5, 0.6) is 28.7 Å². The van der Waals surface area contributed by atoms with Crippen LogP contribution in [0.15, 0.2) is 60.7 Å². The molecule has 0 fully saturated rings. The van der Waals surface area contributed by atoms with Crippen molar-refractivity contribution in [3.8, 4) is 28.7 Å². The van der Waals surface area contributed by atoms with Crippen LogP contribution in [0.25, 0.3) is 0 Å². The van der Waals surface area contributed by atoms with E-state index in [1.54, 1.807) is 0 Å². The SMILES string of the molecule is COC(=O)COc1c2cc(C(C)(C)CC(C)(C)C)cc1Cc1cc(C(C)(C)CC(C)(C)C)cc(c1OCC(=O)OC)Cc1cc(C(C)(C)CC(C)(C)C)cc(c1OCC(=O)OC)Cc1cc(C(C)(C)CC(C)(C)C)cc(c1OCC(=O)OC)Cc1cc(C(C)(C)CC(C)(C)C)cc(c1OCC(=O)OC)C2. The van der Waals surface area contributed by atoms with E-state index >= 15 is 0 Å². The van der Waals surface area contributed by atoms with Crippen molar-refractivity contribution in [2.75, 3.05) is 68.6 Å². The molecule has 0 unspecified atom stereocenters. The molecule has 1 aliphatic carbocycles. The number of carbonyl (C=O) groups excluding carboxylic acids is 5. The number of rotatable bonds is 25. The van der Waals surface area contributed by atoms with Gasteiger partial charge in [-0.05, 0) is 170 Å². The van der Waals surface area contributed by atoms with Crippen LogP contribution in [0, 0.1) is 27.1 Å². The van der Waals surface area contributed by atoms with Gasteiger partial charge in [0.1, 0.15) is 28.7 Å². The molecule has 0 aliphatic heterocycles. The number of ether oxygens (including phenoxy) is 10. The lowest BCUT2D eigenvalue weighted by atomic mass is 9.70. The van der Waals surface area contributed by atoms with E-state index in [0.29, 0.717) is 28.7 Å². The maximum atomic E-state index is 13.8. The van der Waals surface area contributed by atoms with Gasteiger partial charge in [-0.2, -0.15) is 0 Å². The molecule has 15 nitrogen and oxygen atoms in total. The zero-order valence-electron chi connectivity index (χ0n) is 70.0. The van der Waals surface area contributed by atoms with Crippen molar-refractivity contribution in [2.24, 2.45) is 27.1 Å². The largest absolute Gasteiger partial charge is 0.481 e. The van der Waals surface area contributed by atoms with Crippen LogP contribution in [0.3, 0.4) is 0 Å². The Morgan fingerprint density at radius 3 is 0.438 bits per heavy atom. The van der Waals surface area contributed by atoms with Crippen LogP contribution >= 0.6 is 0 Å². The van der Waals surface area contributed by atoms with Gasteiger partial charge in [0, 0.05) is 32.1 Å². The summed E-state index contributed by atoms with van der Waals surface area (Å²) in [4.78, 5) is 69.0. The fourth-order valence-electron chi connectivity index (χ4n) is 17.1. The minimum absolute atomic E-state index is 0.142. The van der Waals surface area contributed by atoms with Crippen molar-refractivity contribution in [3.63, 3.8) is 0 Å².